The predicted octanol–water partition coefficient (Wildman–Crippen LogP) is 3.58. The molecule has 3 aliphatic rings. The third-order valence-corrected chi connectivity index (χ3v) is 6.59. The van der Waals surface area contributed by atoms with Crippen molar-refractivity contribution in [1.29, 1.82) is 0 Å². The fraction of sp³-hybridized carbons (Fsp3) is 0.652. The Balaban J connectivity index is 1.49. The zero-order valence-electron chi connectivity index (χ0n) is 19.2. The number of rotatable bonds is 8. The Labute approximate surface area is 192 Å². The van der Waals surface area contributed by atoms with Crippen LogP contribution in [0.5, 0.6) is 5.75 Å². The van der Waals surface area contributed by atoms with Crippen LogP contribution in [0.25, 0.3) is 5.70 Å². The molecule has 33 heavy (non-hydrogen) atoms. The molecule has 1 aromatic rings. The fourth-order valence-electron chi connectivity index (χ4n) is 4.22. The zero-order valence-corrected chi connectivity index (χ0v) is 19.2. The third kappa shape index (κ3) is 5.48. The van der Waals surface area contributed by atoms with Crippen molar-refractivity contribution < 1.29 is 23.0 Å². The number of nitrogens with zero attached hydrogens (tertiary/aromatic N) is 3. The summed E-state index contributed by atoms with van der Waals surface area (Å²) in [6.45, 7) is -0.263. The van der Waals surface area contributed by atoms with E-state index in [1.165, 1.54) is 31.3 Å². The Bertz CT molecular complexity index is 913. The van der Waals surface area contributed by atoms with E-state index in [2.05, 4.69) is 0 Å². The summed E-state index contributed by atoms with van der Waals surface area (Å²) in [6, 6.07) is 2.55. The molecule has 1 heterocycles. The van der Waals surface area contributed by atoms with Crippen LogP contribution >= 0.6 is 0 Å². The van der Waals surface area contributed by atoms with Crippen molar-refractivity contribution in [2.75, 3.05) is 20.7 Å². The first-order valence-corrected chi connectivity index (χ1v) is 11.6. The lowest BCUT2D eigenvalue weighted by Gasteiger charge is -2.25. The Morgan fingerprint density at radius 2 is 1.85 bits per heavy atom. The molecular weight excluding hydrogens is 432 g/mol. The van der Waals surface area contributed by atoms with Crippen LogP contribution in [-0.2, 0) is 4.74 Å². The predicted molar refractivity (Wildman–Crippen MR) is 119 cm³/mol. The molecule has 4 N–H and O–H groups in total. The molecular formula is C23H33F2N5O3. The smallest absolute Gasteiger partial charge is 0.410 e. The first-order chi connectivity index (χ1) is 15.7. The molecule has 3 saturated carbocycles. The van der Waals surface area contributed by atoms with Crippen molar-refractivity contribution >= 4 is 11.8 Å². The van der Waals surface area contributed by atoms with Gasteiger partial charge in [-0.15, -0.1) is 0 Å². The quantitative estimate of drug-likeness (QED) is 0.446. The fourth-order valence-corrected chi connectivity index (χ4v) is 4.22. The van der Waals surface area contributed by atoms with Gasteiger partial charge in [0.05, 0.1) is 28.9 Å². The van der Waals surface area contributed by atoms with Crippen LogP contribution in [0.2, 0.25) is 0 Å². The number of pyridine rings is 1. The van der Waals surface area contributed by atoms with Crippen LogP contribution in [0.4, 0.5) is 13.6 Å². The highest BCUT2D eigenvalue weighted by atomic mass is 19.3. The molecule has 1 unspecified atom stereocenters. The van der Waals surface area contributed by atoms with E-state index in [0.717, 1.165) is 42.0 Å². The lowest BCUT2D eigenvalue weighted by molar-refractivity contribution is 0.0642. The second-order valence-corrected chi connectivity index (χ2v) is 9.35. The number of aromatic nitrogens is 1. The average molecular weight is 466 g/mol. The van der Waals surface area contributed by atoms with Crippen LogP contribution in [0.15, 0.2) is 17.8 Å². The second kappa shape index (κ2) is 9.32. The third-order valence-electron chi connectivity index (χ3n) is 6.59. The van der Waals surface area contributed by atoms with E-state index >= 15 is 0 Å². The number of carbonyl (C=O) groups excluding carboxylic acids is 1. The molecule has 0 aliphatic heterocycles. The maximum absolute atomic E-state index is 13.2. The monoisotopic (exact) mass is 465 g/mol. The molecule has 4 rings (SSSR count). The van der Waals surface area contributed by atoms with Crippen LogP contribution in [-0.4, -0.2) is 59.8 Å². The van der Waals surface area contributed by atoms with Gasteiger partial charge in [-0.05, 0) is 50.7 Å². The van der Waals surface area contributed by atoms with E-state index in [1.807, 2.05) is 6.07 Å². The highest BCUT2D eigenvalue weighted by Gasteiger charge is 2.60. The number of hydrogen-bond donors (Lipinski definition) is 2. The molecule has 1 aromatic heterocycles. The van der Waals surface area contributed by atoms with Gasteiger partial charge in [-0.25, -0.2) is 24.4 Å². The minimum Gasteiger partial charge on any atom is -0.489 e. The molecule has 0 saturated heterocycles. The van der Waals surface area contributed by atoms with Gasteiger partial charge in [0.1, 0.15) is 18.4 Å². The highest BCUT2D eigenvalue weighted by Crippen LogP contribution is 2.45. The van der Waals surface area contributed by atoms with Gasteiger partial charge in [-0.2, -0.15) is 0 Å². The topological polar surface area (TPSA) is 107 Å². The van der Waals surface area contributed by atoms with Crippen molar-refractivity contribution in [2.45, 2.75) is 75.4 Å². The summed E-state index contributed by atoms with van der Waals surface area (Å²) in [5, 5.41) is 1.25. The van der Waals surface area contributed by atoms with Gasteiger partial charge in [-0.1, -0.05) is 6.42 Å². The van der Waals surface area contributed by atoms with E-state index in [-0.39, 0.29) is 24.8 Å². The number of carbonyl (C=O) groups is 1. The average Bonchev–Trinajstić information content (AvgIpc) is 3.71. The van der Waals surface area contributed by atoms with E-state index in [1.54, 1.807) is 13.1 Å². The van der Waals surface area contributed by atoms with Gasteiger partial charge < -0.3 is 25.1 Å². The first-order valence-electron chi connectivity index (χ1n) is 11.6. The zero-order chi connectivity index (χ0) is 23.8. The van der Waals surface area contributed by atoms with Crippen molar-refractivity contribution in [3.8, 4) is 5.75 Å². The van der Waals surface area contributed by atoms with Gasteiger partial charge in [0.25, 0.3) is 5.92 Å². The van der Waals surface area contributed by atoms with E-state index < -0.39 is 18.1 Å². The van der Waals surface area contributed by atoms with Gasteiger partial charge in [0.15, 0.2) is 0 Å². The molecule has 182 valence electrons. The number of alkyl halides is 2. The molecule has 3 fully saturated rings. The molecule has 10 heteroatoms. The van der Waals surface area contributed by atoms with Gasteiger partial charge in [0, 0.05) is 26.4 Å². The van der Waals surface area contributed by atoms with Crippen LogP contribution in [0.3, 0.4) is 0 Å². The summed E-state index contributed by atoms with van der Waals surface area (Å²) < 4.78 is 38.0. The molecule has 0 spiro atoms. The van der Waals surface area contributed by atoms with Gasteiger partial charge in [0.2, 0.25) is 0 Å². The summed E-state index contributed by atoms with van der Waals surface area (Å²) >= 11 is 0. The Morgan fingerprint density at radius 3 is 2.42 bits per heavy atom. The number of hydrogen-bond acceptors (Lipinski definition) is 7. The molecule has 0 bridgehead atoms. The summed E-state index contributed by atoms with van der Waals surface area (Å²) in [7, 11) is 2.86. The lowest BCUT2D eigenvalue weighted by atomic mass is 9.98. The highest BCUT2D eigenvalue weighted by molar-refractivity contribution is 5.70. The number of halogens is 2. The second-order valence-electron chi connectivity index (χ2n) is 9.35. The largest absolute Gasteiger partial charge is 0.489 e. The summed E-state index contributed by atoms with van der Waals surface area (Å²) in [5.41, 5.74) is 8.37. The minimum atomic E-state index is -2.86. The summed E-state index contributed by atoms with van der Waals surface area (Å²) in [6.07, 6.45) is 6.86. The molecule has 0 aromatic carbocycles. The minimum absolute atomic E-state index is 0.220. The molecule has 3 aliphatic carbocycles. The standard InChI is InChI=1S/C23H33F2N5O3/c1-29(19-12-23(19,24)25)22(31)32-13-17(30(2)27)20(26)16-10-11-18(21(28-16)14-8-9-14)33-15-6-4-3-5-7-15/h10-11,14-15,19H,3-9,12-13,26-27H2,1-2H3/b20-17-. The number of ether oxygens (including phenoxy) is 2. The number of hydrazine groups is 1. The van der Waals surface area contributed by atoms with Crippen molar-refractivity contribution in [2.24, 2.45) is 11.6 Å². The summed E-state index contributed by atoms with van der Waals surface area (Å²) in [4.78, 5) is 17.9. The van der Waals surface area contributed by atoms with Crippen molar-refractivity contribution in [3.63, 3.8) is 0 Å². The maximum atomic E-state index is 13.2. The Hall–Kier alpha value is -2.62. The lowest BCUT2D eigenvalue weighted by Crippen LogP contribution is -2.36. The van der Waals surface area contributed by atoms with Crippen LogP contribution in [0, 0.1) is 0 Å². The molecule has 0 radical (unpaired) electrons. The first kappa shape index (κ1) is 23.5. The molecule has 1 atom stereocenters. The van der Waals surface area contributed by atoms with Gasteiger partial charge in [-0.3, -0.25) is 0 Å². The maximum Gasteiger partial charge on any atom is 0.410 e. The van der Waals surface area contributed by atoms with Crippen molar-refractivity contribution in [1.82, 2.24) is 14.9 Å². The number of nitrogens with two attached hydrogens (primary N) is 2. The normalized spacial score (nSPS) is 22.9. The van der Waals surface area contributed by atoms with Crippen molar-refractivity contribution in [3.05, 3.63) is 29.2 Å². The summed E-state index contributed by atoms with van der Waals surface area (Å²) in [5.74, 6) is 4.23. The number of amides is 1. The van der Waals surface area contributed by atoms with Crippen LogP contribution < -0.4 is 16.3 Å². The Morgan fingerprint density at radius 1 is 1.18 bits per heavy atom. The Kier molecular flexibility index (Phi) is 6.65. The molecule has 1 amide bonds. The number of likely N-dealkylation sites (N-methyl/N-ethyl adjacent to an activating group) is 1. The van der Waals surface area contributed by atoms with E-state index in [9.17, 15) is 13.6 Å². The van der Waals surface area contributed by atoms with E-state index in [0.29, 0.717) is 17.3 Å². The van der Waals surface area contributed by atoms with Gasteiger partial charge >= 0.3 is 6.09 Å². The molecule has 8 nitrogen and oxygen atoms in total. The SMILES string of the molecule is CN(N)/C(COC(=O)N(C)C1CC1(F)F)=C(\N)c1ccc(OC2CCCCC2)c(C2CC2)n1. The van der Waals surface area contributed by atoms with Crippen LogP contribution in [0.1, 0.15) is 68.7 Å². The van der Waals surface area contributed by atoms with E-state index in [4.69, 9.17) is 26.0 Å².